The Morgan fingerprint density at radius 2 is 2.08 bits per heavy atom. The monoisotopic (exact) mass is 168 g/mol. The second kappa shape index (κ2) is 3.34. The number of anilines is 1. The fraction of sp³-hybridized carbons (Fsp3) is 0.571. The van der Waals surface area contributed by atoms with Crippen LogP contribution in [0.3, 0.4) is 0 Å². The van der Waals surface area contributed by atoms with Crippen LogP contribution in [0.5, 0.6) is 0 Å². The van der Waals surface area contributed by atoms with E-state index in [0.29, 0.717) is 11.8 Å². The number of nitrogens with one attached hydrogen (secondary N) is 2. The number of hydrogen-bond donors (Lipinski definition) is 2. The first-order chi connectivity index (χ1) is 5.58. The van der Waals surface area contributed by atoms with Crippen molar-refractivity contribution >= 4 is 5.95 Å². The van der Waals surface area contributed by atoms with Gasteiger partial charge >= 0.3 is 5.69 Å². The number of rotatable bonds is 2. The lowest BCUT2D eigenvalue weighted by atomic mass is 10.4. The zero-order valence-corrected chi connectivity index (χ0v) is 7.38. The van der Waals surface area contributed by atoms with Crippen molar-refractivity contribution in [3.05, 3.63) is 16.3 Å². The number of H-pyrrole nitrogens is 1. The highest BCUT2D eigenvalue weighted by Crippen LogP contribution is 1.95. The van der Waals surface area contributed by atoms with E-state index in [1.165, 1.54) is 0 Å². The lowest BCUT2D eigenvalue weighted by molar-refractivity contribution is 0.844. The number of hydrogen-bond acceptors (Lipinski definition) is 4. The van der Waals surface area contributed by atoms with Gasteiger partial charge in [-0.25, -0.2) is 9.78 Å². The van der Waals surface area contributed by atoms with Crippen LogP contribution in [-0.4, -0.2) is 21.0 Å². The molecule has 12 heavy (non-hydrogen) atoms. The minimum Gasteiger partial charge on any atom is -0.352 e. The highest BCUT2D eigenvalue weighted by atomic mass is 16.1. The predicted octanol–water partition coefficient (Wildman–Crippen LogP) is 0.294. The van der Waals surface area contributed by atoms with Gasteiger partial charge in [-0.05, 0) is 20.8 Å². The summed E-state index contributed by atoms with van der Waals surface area (Å²) < 4.78 is 0. The van der Waals surface area contributed by atoms with Gasteiger partial charge in [0.05, 0.1) is 0 Å². The van der Waals surface area contributed by atoms with E-state index >= 15 is 0 Å². The van der Waals surface area contributed by atoms with Crippen LogP contribution >= 0.6 is 0 Å². The van der Waals surface area contributed by atoms with Gasteiger partial charge in [0.1, 0.15) is 5.82 Å². The molecule has 5 heteroatoms. The summed E-state index contributed by atoms with van der Waals surface area (Å²) in [5.41, 5.74) is -0.370. The Morgan fingerprint density at radius 3 is 2.58 bits per heavy atom. The first kappa shape index (κ1) is 8.70. The third-order valence-corrected chi connectivity index (χ3v) is 1.19. The van der Waals surface area contributed by atoms with E-state index in [0.717, 1.165) is 0 Å². The first-order valence-electron chi connectivity index (χ1n) is 3.79. The fourth-order valence-electron chi connectivity index (χ4n) is 0.813. The second-order valence-corrected chi connectivity index (χ2v) is 2.86. The van der Waals surface area contributed by atoms with E-state index in [1.54, 1.807) is 6.92 Å². The fourth-order valence-corrected chi connectivity index (χ4v) is 0.813. The SMILES string of the molecule is Cc1nc(NC(C)C)nc(=O)[nH]1. The van der Waals surface area contributed by atoms with Gasteiger partial charge in [-0.15, -0.1) is 0 Å². The lowest BCUT2D eigenvalue weighted by Crippen LogP contribution is -2.20. The van der Waals surface area contributed by atoms with Crippen molar-refractivity contribution in [2.24, 2.45) is 0 Å². The van der Waals surface area contributed by atoms with Crippen LogP contribution in [-0.2, 0) is 0 Å². The number of aromatic amines is 1. The molecule has 1 rings (SSSR count). The summed E-state index contributed by atoms with van der Waals surface area (Å²) in [7, 11) is 0. The van der Waals surface area contributed by atoms with Gasteiger partial charge in [0.2, 0.25) is 5.95 Å². The molecule has 66 valence electrons. The lowest BCUT2D eigenvalue weighted by Gasteiger charge is -2.06. The average Bonchev–Trinajstić information content (AvgIpc) is 1.81. The van der Waals surface area contributed by atoms with E-state index in [4.69, 9.17) is 0 Å². The van der Waals surface area contributed by atoms with Gasteiger partial charge in [0.25, 0.3) is 0 Å². The minimum atomic E-state index is -0.370. The van der Waals surface area contributed by atoms with Crippen molar-refractivity contribution in [3.8, 4) is 0 Å². The molecule has 0 aliphatic carbocycles. The van der Waals surface area contributed by atoms with E-state index in [-0.39, 0.29) is 11.7 Å². The number of aryl methyl sites for hydroxylation is 1. The molecule has 1 aromatic heterocycles. The molecular formula is C7H12N4O. The van der Waals surface area contributed by atoms with Crippen LogP contribution in [0, 0.1) is 6.92 Å². The third kappa shape index (κ3) is 2.34. The maximum atomic E-state index is 10.8. The van der Waals surface area contributed by atoms with Gasteiger partial charge in [-0.2, -0.15) is 4.98 Å². The molecule has 0 aliphatic rings. The Labute approximate surface area is 70.3 Å². The molecule has 1 heterocycles. The minimum absolute atomic E-state index is 0.228. The molecule has 5 nitrogen and oxygen atoms in total. The summed E-state index contributed by atoms with van der Waals surface area (Å²) in [5.74, 6) is 0.949. The Kier molecular flexibility index (Phi) is 2.42. The molecule has 0 saturated heterocycles. The van der Waals surface area contributed by atoms with Gasteiger partial charge in [0, 0.05) is 6.04 Å². The van der Waals surface area contributed by atoms with Gasteiger partial charge < -0.3 is 5.32 Å². The molecule has 0 saturated carbocycles. The van der Waals surface area contributed by atoms with Crippen LogP contribution in [0.25, 0.3) is 0 Å². The topological polar surface area (TPSA) is 70.7 Å². The molecule has 0 unspecified atom stereocenters. The molecule has 0 aromatic carbocycles. The molecule has 2 N–H and O–H groups in total. The standard InChI is InChI=1S/C7H12N4O/c1-4(2)8-6-9-5(3)10-7(12)11-6/h4H,1-3H3,(H2,8,9,10,11,12). The van der Waals surface area contributed by atoms with E-state index in [2.05, 4.69) is 20.3 Å². The molecule has 1 aromatic rings. The van der Waals surface area contributed by atoms with Gasteiger partial charge in [0.15, 0.2) is 0 Å². The first-order valence-corrected chi connectivity index (χ1v) is 3.79. The van der Waals surface area contributed by atoms with Crippen molar-refractivity contribution in [2.75, 3.05) is 5.32 Å². The van der Waals surface area contributed by atoms with Crippen molar-refractivity contribution < 1.29 is 0 Å². The van der Waals surface area contributed by atoms with Crippen LogP contribution in [0.15, 0.2) is 4.79 Å². The largest absolute Gasteiger partial charge is 0.352 e. The molecule has 0 fully saturated rings. The molecule has 0 atom stereocenters. The summed E-state index contributed by atoms with van der Waals surface area (Å²) in [6.07, 6.45) is 0. The second-order valence-electron chi connectivity index (χ2n) is 2.86. The van der Waals surface area contributed by atoms with Gasteiger partial charge in [-0.3, -0.25) is 4.98 Å². The van der Waals surface area contributed by atoms with Crippen LogP contribution in [0.2, 0.25) is 0 Å². The maximum absolute atomic E-state index is 10.8. The van der Waals surface area contributed by atoms with Crippen molar-refractivity contribution in [3.63, 3.8) is 0 Å². The zero-order valence-electron chi connectivity index (χ0n) is 7.38. The molecule has 0 aliphatic heterocycles. The van der Waals surface area contributed by atoms with E-state index < -0.39 is 0 Å². The molecule has 0 amide bonds. The van der Waals surface area contributed by atoms with Crippen molar-refractivity contribution in [2.45, 2.75) is 26.8 Å². The molecular weight excluding hydrogens is 156 g/mol. The zero-order chi connectivity index (χ0) is 9.14. The maximum Gasteiger partial charge on any atom is 0.349 e. The smallest absolute Gasteiger partial charge is 0.349 e. The number of aromatic nitrogens is 3. The summed E-state index contributed by atoms with van der Waals surface area (Å²) >= 11 is 0. The third-order valence-electron chi connectivity index (χ3n) is 1.19. The van der Waals surface area contributed by atoms with Crippen molar-refractivity contribution in [1.29, 1.82) is 0 Å². The molecule has 0 bridgehead atoms. The van der Waals surface area contributed by atoms with Crippen LogP contribution in [0.4, 0.5) is 5.95 Å². The summed E-state index contributed by atoms with van der Waals surface area (Å²) in [6.45, 7) is 5.63. The average molecular weight is 168 g/mol. The quantitative estimate of drug-likeness (QED) is 0.666. The molecule has 0 spiro atoms. The Hall–Kier alpha value is -1.39. The van der Waals surface area contributed by atoms with Gasteiger partial charge in [-0.1, -0.05) is 0 Å². The van der Waals surface area contributed by atoms with Crippen LogP contribution in [0.1, 0.15) is 19.7 Å². The Bertz CT molecular complexity index is 317. The van der Waals surface area contributed by atoms with E-state index in [9.17, 15) is 4.79 Å². The highest BCUT2D eigenvalue weighted by Gasteiger charge is 1.99. The Balaban J connectivity index is 2.93. The summed E-state index contributed by atoms with van der Waals surface area (Å²) in [5, 5.41) is 2.94. The number of nitrogens with zero attached hydrogens (tertiary/aromatic N) is 2. The summed E-state index contributed by atoms with van der Waals surface area (Å²) in [6, 6.07) is 0.228. The molecule has 0 radical (unpaired) electrons. The van der Waals surface area contributed by atoms with Crippen LogP contribution < -0.4 is 11.0 Å². The highest BCUT2D eigenvalue weighted by molar-refractivity contribution is 5.23. The van der Waals surface area contributed by atoms with E-state index in [1.807, 2.05) is 13.8 Å². The normalized spacial score (nSPS) is 10.3. The summed E-state index contributed by atoms with van der Waals surface area (Å²) in [4.78, 5) is 20.9. The van der Waals surface area contributed by atoms with Crippen molar-refractivity contribution in [1.82, 2.24) is 15.0 Å². The predicted molar refractivity (Wildman–Crippen MR) is 46.1 cm³/mol. The Morgan fingerprint density at radius 1 is 1.42 bits per heavy atom.